The van der Waals surface area contributed by atoms with Gasteiger partial charge in [-0.25, -0.2) is 4.98 Å². The van der Waals surface area contributed by atoms with Gasteiger partial charge < -0.3 is 9.88 Å². The van der Waals surface area contributed by atoms with Crippen molar-refractivity contribution in [3.63, 3.8) is 0 Å². The van der Waals surface area contributed by atoms with Gasteiger partial charge in [0.1, 0.15) is 17.2 Å². The van der Waals surface area contributed by atoms with Crippen molar-refractivity contribution in [2.75, 3.05) is 0 Å². The number of nitrogens with one attached hydrogen (secondary N) is 1. The van der Waals surface area contributed by atoms with Crippen LogP contribution in [0.1, 0.15) is 39.6 Å². The Labute approximate surface area is 159 Å². The minimum absolute atomic E-state index is 0.165. The molecule has 4 aromatic rings. The smallest absolute Gasteiger partial charge is 0.255 e. The van der Waals surface area contributed by atoms with Crippen LogP contribution in [0.15, 0.2) is 30.6 Å². The zero-order valence-corrected chi connectivity index (χ0v) is 16.3. The molecule has 1 amide bonds. The number of amides is 1. The molecule has 138 valence electrons. The average molecular weight is 381 g/mol. The number of carbonyl (C=O) groups excluding carboxylic acids is 1. The predicted molar refractivity (Wildman–Crippen MR) is 103 cm³/mol. The Morgan fingerprint density at radius 1 is 1.26 bits per heavy atom. The van der Waals surface area contributed by atoms with Crippen molar-refractivity contribution in [2.45, 2.75) is 26.8 Å². The summed E-state index contributed by atoms with van der Waals surface area (Å²) < 4.78 is 3.54. The fourth-order valence-electron chi connectivity index (χ4n) is 3.18. The Balaban J connectivity index is 1.67. The van der Waals surface area contributed by atoms with Crippen LogP contribution in [0.2, 0.25) is 0 Å². The van der Waals surface area contributed by atoms with Crippen LogP contribution in [0.4, 0.5) is 0 Å². The highest BCUT2D eigenvalue weighted by Gasteiger charge is 2.24. The standard InChI is InChI=1S/C18H19N7OS/c1-10-12(3)27-18(25-9-19-22-23-25)15(10)17(26)20-11(2)16-21-13-7-5-6-8-14(13)24(16)4/h5-9,11H,1-4H3,(H,20,26)/t11-/m0/s1. The summed E-state index contributed by atoms with van der Waals surface area (Å²) in [5, 5.41) is 15.1. The van der Waals surface area contributed by atoms with Crippen molar-refractivity contribution in [1.82, 2.24) is 35.1 Å². The van der Waals surface area contributed by atoms with Gasteiger partial charge >= 0.3 is 0 Å². The first-order valence-corrected chi connectivity index (χ1v) is 9.34. The summed E-state index contributed by atoms with van der Waals surface area (Å²) >= 11 is 1.50. The van der Waals surface area contributed by atoms with Gasteiger partial charge in [0.25, 0.3) is 5.91 Å². The minimum Gasteiger partial charge on any atom is -0.342 e. The first-order valence-electron chi connectivity index (χ1n) is 8.53. The van der Waals surface area contributed by atoms with E-state index < -0.39 is 0 Å². The molecule has 3 heterocycles. The van der Waals surface area contributed by atoms with Crippen LogP contribution >= 0.6 is 11.3 Å². The molecule has 9 heteroatoms. The molecular weight excluding hydrogens is 362 g/mol. The average Bonchev–Trinajstić information content (AvgIpc) is 3.35. The number of para-hydroxylation sites is 2. The molecule has 0 spiro atoms. The van der Waals surface area contributed by atoms with E-state index in [-0.39, 0.29) is 11.9 Å². The Bertz CT molecular complexity index is 1130. The van der Waals surface area contributed by atoms with E-state index in [1.54, 1.807) is 0 Å². The number of nitrogens with zero attached hydrogens (tertiary/aromatic N) is 6. The maximum absolute atomic E-state index is 13.1. The molecule has 1 atom stereocenters. The van der Waals surface area contributed by atoms with Gasteiger partial charge in [0.05, 0.1) is 22.6 Å². The van der Waals surface area contributed by atoms with Gasteiger partial charge in [-0.15, -0.1) is 16.4 Å². The fourth-order valence-corrected chi connectivity index (χ4v) is 4.25. The molecule has 0 radical (unpaired) electrons. The number of tetrazole rings is 1. The highest BCUT2D eigenvalue weighted by atomic mass is 32.1. The maximum atomic E-state index is 13.1. The number of hydrogen-bond acceptors (Lipinski definition) is 6. The first kappa shape index (κ1) is 17.3. The summed E-state index contributed by atoms with van der Waals surface area (Å²) in [5.74, 6) is 0.639. The van der Waals surface area contributed by atoms with Crippen LogP contribution in [-0.2, 0) is 7.05 Å². The lowest BCUT2D eigenvalue weighted by Gasteiger charge is -2.15. The molecule has 0 aliphatic rings. The molecule has 0 fully saturated rings. The van der Waals surface area contributed by atoms with Gasteiger partial charge in [0.2, 0.25) is 0 Å². The third kappa shape index (κ3) is 2.89. The van der Waals surface area contributed by atoms with E-state index in [4.69, 9.17) is 0 Å². The molecule has 4 rings (SSSR count). The number of rotatable bonds is 4. The number of fused-ring (bicyclic) bond motifs is 1. The summed E-state index contributed by atoms with van der Waals surface area (Å²) in [7, 11) is 1.96. The molecule has 0 bridgehead atoms. The molecule has 1 aromatic carbocycles. The summed E-state index contributed by atoms with van der Waals surface area (Å²) in [4.78, 5) is 18.8. The Hall–Kier alpha value is -3.07. The quantitative estimate of drug-likeness (QED) is 0.587. The highest BCUT2D eigenvalue weighted by Crippen LogP contribution is 2.30. The van der Waals surface area contributed by atoms with Gasteiger partial charge in [-0.1, -0.05) is 12.1 Å². The monoisotopic (exact) mass is 381 g/mol. The molecule has 8 nitrogen and oxygen atoms in total. The molecule has 0 aliphatic carbocycles. The maximum Gasteiger partial charge on any atom is 0.255 e. The van der Waals surface area contributed by atoms with Crippen LogP contribution in [0.5, 0.6) is 0 Å². The van der Waals surface area contributed by atoms with Crippen molar-refractivity contribution in [1.29, 1.82) is 0 Å². The third-order valence-electron chi connectivity index (χ3n) is 4.71. The van der Waals surface area contributed by atoms with E-state index in [1.165, 1.54) is 22.3 Å². The number of aryl methyl sites for hydroxylation is 2. The van der Waals surface area contributed by atoms with Gasteiger partial charge in [-0.3, -0.25) is 4.79 Å². The second-order valence-electron chi connectivity index (χ2n) is 6.43. The van der Waals surface area contributed by atoms with Gasteiger partial charge in [0, 0.05) is 11.9 Å². The second kappa shape index (κ2) is 6.58. The van der Waals surface area contributed by atoms with Gasteiger partial charge in [0.15, 0.2) is 0 Å². The fraction of sp³-hybridized carbons (Fsp3) is 0.278. The van der Waals surface area contributed by atoms with E-state index >= 15 is 0 Å². The van der Waals surface area contributed by atoms with Crippen LogP contribution in [-0.4, -0.2) is 35.7 Å². The SMILES string of the molecule is Cc1sc(-n2cnnn2)c(C(=O)N[C@@H](C)c2nc3ccccc3n2C)c1C. The number of carbonyl (C=O) groups is 1. The first-order chi connectivity index (χ1) is 13.0. The van der Waals surface area contributed by atoms with E-state index in [0.29, 0.717) is 10.6 Å². The molecule has 0 saturated heterocycles. The summed E-state index contributed by atoms with van der Waals surface area (Å²) in [6.07, 6.45) is 1.50. The van der Waals surface area contributed by atoms with Gasteiger partial charge in [-0.2, -0.15) is 4.68 Å². The lowest BCUT2D eigenvalue weighted by Crippen LogP contribution is -2.29. The van der Waals surface area contributed by atoms with E-state index in [0.717, 1.165) is 27.3 Å². The number of aromatic nitrogens is 6. The van der Waals surface area contributed by atoms with Crippen molar-refractivity contribution in [3.8, 4) is 5.00 Å². The molecule has 1 N–H and O–H groups in total. The van der Waals surface area contributed by atoms with Crippen LogP contribution in [0.25, 0.3) is 16.0 Å². The number of benzene rings is 1. The van der Waals surface area contributed by atoms with E-state index in [9.17, 15) is 4.79 Å². The third-order valence-corrected chi connectivity index (χ3v) is 5.90. The molecule has 3 aromatic heterocycles. The molecule has 0 aliphatic heterocycles. The van der Waals surface area contributed by atoms with E-state index in [1.807, 2.05) is 56.7 Å². The van der Waals surface area contributed by atoms with Crippen molar-refractivity contribution in [3.05, 3.63) is 52.4 Å². The van der Waals surface area contributed by atoms with Crippen molar-refractivity contribution >= 4 is 28.3 Å². The highest BCUT2D eigenvalue weighted by molar-refractivity contribution is 7.15. The Morgan fingerprint density at radius 2 is 2.04 bits per heavy atom. The topological polar surface area (TPSA) is 90.5 Å². The van der Waals surface area contributed by atoms with Crippen molar-refractivity contribution in [2.24, 2.45) is 7.05 Å². The molecular formula is C18H19N7OS. The van der Waals surface area contributed by atoms with Crippen LogP contribution < -0.4 is 5.32 Å². The van der Waals surface area contributed by atoms with Gasteiger partial charge in [-0.05, 0) is 48.9 Å². The van der Waals surface area contributed by atoms with Crippen LogP contribution in [0, 0.1) is 13.8 Å². The Kier molecular flexibility index (Phi) is 4.23. The largest absolute Gasteiger partial charge is 0.342 e. The molecule has 0 unspecified atom stereocenters. The van der Waals surface area contributed by atoms with E-state index in [2.05, 4.69) is 25.8 Å². The number of imidazole rings is 1. The lowest BCUT2D eigenvalue weighted by atomic mass is 10.1. The normalized spacial score (nSPS) is 12.4. The summed E-state index contributed by atoms with van der Waals surface area (Å²) in [6.45, 7) is 5.86. The van der Waals surface area contributed by atoms with Crippen molar-refractivity contribution < 1.29 is 4.79 Å². The Morgan fingerprint density at radius 3 is 2.74 bits per heavy atom. The zero-order chi connectivity index (χ0) is 19.1. The summed E-state index contributed by atoms with van der Waals surface area (Å²) in [5.41, 5.74) is 3.47. The minimum atomic E-state index is -0.253. The molecule has 27 heavy (non-hydrogen) atoms. The lowest BCUT2D eigenvalue weighted by molar-refractivity contribution is 0.0937. The number of thiophene rings is 1. The van der Waals surface area contributed by atoms with Crippen LogP contribution in [0.3, 0.4) is 0 Å². The molecule has 0 saturated carbocycles. The number of hydrogen-bond donors (Lipinski definition) is 1. The zero-order valence-electron chi connectivity index (χ0n) is 15.5. The summed E-state index contributed by atoms with van der Waals surface area (Å²) in [6, 6.07) is 7.67. The second-order valence-corrected chi connectivity index (χ2v) is 7.63. The predicted octanol–water partition coefficient (Wildman–Crippen LogP) is 2.72.